The van der Waals surface area contributed by atoms with Crippen LogP contribution in [-0.2, 0) is 4.79 Å². The first-order valence-corrected chi connectivity index (χ1v) is 11.1. The number of amidine groups is 1. The van der Waals surface area contributed by atoms with Gasteiger partial charge in [0.15, 0.2) is 11.5 Å². The van der Waals surface area contributed by atoms with Crippen molar-refractivity contribution in [3.8, 4) is 17.2 Å². The number of halogens is 1. The van der Waals surface area contributed by atoms with Crippen LogP contribution in [-0.4, -0.2) is 51.2 Å². The molecule has 6 rings (SSSR count). The van der Waals surface area contributed by atoms with Gasteiger partial charge in [0.05, 0.1) is 17.7 Å². The molecule has 3 aliphatic rings. The highest BCUT2D eigenvalue weighted by atomic mass is 19.1. The maximum Gasteiger partial charge on any atom is 0.271 e. The first kappa shape index (κ1) is 20.6. The van der Waals surface area contributed by atoms with E-state index in [4.69, 9.17) is 9.47 Å². The van der Waals surface area contributed by atoms with Crippen molar-refractivity contribution in [2.75, 3.05) is 19.9 Å². The lowest BCUT2D eigenvalue weighted by Crippen LogP contribution is -2.49. The van der Waals surface area contributed by atoms with Crippen LogP contribution in [0.5, 0.6) is 11.5 Å². The number of carbonyl (C=O) groups excluding carboxylic acids is 1. The first-order valence-electron chi connectivity index (χ1n) is 11.1. The highest BCUT2D eigenvalue weighted by molar-refractivity contribution is 6.06. The van der Waals surface area contributed by atoms with Crippen LogP contribution in [0.1, 0.15) is 29.3 Å². The number of carbonyl (C=O) groups is 1. The second-order valence-corrected chi connectivity index (χ2v) is 8.40. The topological polar surface area (TPSA) is 72.2 Å². The Morgan fingerprint density at radius 2 is 1.88 bits per heavy atom. The van der Waals surface area contributed by atoms with Crippen LogP contribution < -0.4 is 9.47 Å². The SMILES string of the molecule is Cc1cn(-c2ccc(C=CC3=NC(=O)C(c4ccc(F)cc4)N4CCCN34)c3c2OCO3)cn1. The third-order valence-corrected chi connectivity index (χ3v) is 6.20. The van der Waals surface area contributed by atoms with Crippen molar-refractivity contribution in [3.05, 3.63) is 77.6 Å². The van der Waals surface area contributed by atoms with E-state index in [0.717, 1.165) is 42.0 Å². The largest absolute Gasteiger partial charge is 0.453 e. The van der Waals surface area contributed by atoms with Crippen molar-refractivity contribution in [1.82, 2.24) is 19.6 Å². The van der Waals surface area contributed by atoms with Crippen LogP contribution in [0.15, 0.2) is 60.0 Å². The molecule has 0 saturated carbocycles. The maximum absolute atomic E-state index is 13.4. The van der Waals surface area contributed by atoms with Gasteiger partial charge in [0.1, 0.15) is 17.7 Å². The van der Waals surface area contributed by atoms with E-state index in [1.165, 1.54) is 12.1 Å². The lowest BCUT2D eigenvalue weighted by molar-refractivity contribution is -0.129. The lowest BCUT2D eigenvalue weighted by atomic mass is 10.0. The van der Waals surface area contributed by atoms with E-state index in [9.17, 15) is 9.18 Å². The van der Waals surface area contributed by atoms with Crippen molar-refractivity contribution < 1.29 is 18.7 Å². The van der Waals surface area contributed by atoms with Gasteiger partial charge in [-0.25, -0.2) is 14.4 Å². The summed E-state index contributed by atoms with van der Waals surface area (Å²) in [7, 11) is 0. The summed E-state index contributed by atoms with van der Waals surface area (Å²) in [5, 5.41) is 4.03. The van der Waals surface area contributed by atoms with Gasteiger partial charge >= 0.3 is 0 Å². The minimum absolute atomic E-state index is 0.138. The fourth-order valence-corrected chi connectivity index (χ4v) is 4.64. The molecule has 4 heterocycles. The number of hydrogen-bond donors (Lipinski definition) is 0. The van der Waals surface area contributed by atoms with Gasteiger partial charge in [-0.05, 0) is 55.3 Å². The molecule has 3 aromatic rings. The molecular weight excluding hydrogens is 437 g/mol. The zero-order valence-corrected chi connectivity index (χ0v) is 18.5. The predicted molar refractivity (Wildman–Crippen MR) is 123 cm³/mol. The van der Waals surface area contributed by atoms with Gasteiger partial charge in [0, 0.05) is 24.8 Å². The first-order chi connectivity index (χ1) is 16.6. The number of benzene rings is 2. The third-order valence-electron chi connectivity index (χ3n) is 6.20. The van der Waals surface area contributed by atoms with E-state index in [1.54, 1.807) is 18.5 Å². The zero-order valence-electron chi connectivity index (χ0n) is 18.5. The fourth-order valence-electron chi connectivity index (χ4n) is 4.64. The smallest absolute Gasteiger partial charge is 0.271 e. The minimum Gasteiger partial charge on any atom is -0.453 e. The van der Waals surface area contributed by atoms with Gasteiger partial charge in [0.2, 0.25) is 6.79 Å². The number of ether oxygens (including phenoxy) is 2. The summed E-state index contributed by atoms with van der Waals surface area (Å²) in [5.74, 6) is 1.28. The average Bonchev–Trinajstić information content (AvgIpc) is 3.59. The Balaban J connectivity index is 1.32. The van der Waals surface area contributed by atoms with Crippen LogP contribution in [0.3, 0.4) is 0 Å². The molecule has 8 nitrogen and oxygen atoms in total. The summed E-state index contributed by atoms with van der Waals surface area (Å²) in [6.07, 6.45) is 8.29. The molecule has 1 saturated heterocycles. The Morgan fingerprint density at radius 3 is 2.68 bits per heavy atom. The normalized spacial score (nSPS) is 19.7. The molecule has 2 aromatic carbocycles. The summed E-state index contributed by atoms with van der Waals surface area (Å²) in [6, 6.07) is 9.40. The molecule has 0 bridgehead atoms. The highest BCUT2D eigenvalue weighted by Gasteiger charge is 2.39. The van der Waals surface area contributed by atoms with Gasteiger partial charge in [-0.1, -0.05) is 12.1 Å². The van der Waals surface area contributed by atoms with E-state index in [1.807, 2.05) is 52.0 Å². The molecule has 0 radical (unpaired) electrons. The van der Waals surface area contributed by atoms with E-state index in [0.29, 0.717) is 17.3 Å². The zero-order chi connectivity index (χ0) is 23.2. The summed E-state index contributed by atoms with van der Waals surface area (Å²) >= 11 is 0. The Morgan fingerprint density at radius 1 is 1.06 bits per heavy atom. The summed E-state index contributed by atoms with van der Waals surface area (Å²) < 4.78 is 26.8. The van der Waals surface area contributed by atoms with Gasteiger partial charge in [-0.2, -0.15) is 4.99 Å². The van der Waals surface area contributed by atoms with Crippen LogP contribution in [0.4, 0.5) is 4.39 Å². The summed E-state index contributed by atoms with van der Waals surface area (Å²) in [4.78, 5) is 21.7. The molecule has 1 aromatic heterocycles. The van der Waals surface area contributed by atoms with Crippen LogP contribution in [0.2, 0.25) is 0 Å². The number of rotatable bonds is 4. The molecule has 9 heteroatoms. The molecule has 0 N–H and O–H groups in total. The Kier molecular flexibility index (Phi) is 4.91. The van der Waals surface area contributed by atoms with Gasteiger partial charge in [-0.15, -0.1) is 0 Å². The van der Waals surface area contributed by atoms with Gasteiger partial charge < -0.3 is 14.0 Å². The molecule has 0 aliphatic carbocycles. The third kappa shape index (κ3) is 3.45. The molecule has 1 fully saturated rings. The fraction of sp³-hybridized carbons (Fsp3) is 0.240. The molecule has 0 spiro atoms. The number of imidazole rings is 1. The monoisotopic (exact) mass is 459 g/mol. The molecule has 1 unspecified atom stereocenters. The van der Waals surface area contributed by atoms with Gasteiger partial charge in [0.25, 0.3) is 5.91 Å². The van der Waals surface area contributed by atoms with E-state index >= 15 is 0 Å². The number of aliphatic imine (C=N–C) groups is 1. The highest BCUT2D eigenvalue weighted by Crippen LogP contribution is 2.41. The van der Waals surface area contributed by atoms with Gasteiger partial charge in [-0.3, -0.25) is 9.80 Å². The van der Waals surface area contributed by atoms with Crippen molar-refractivity contribution >= 4 is 17.8 Å². The van der Waals surface area contributed by atoms with Crippen LogP contribution in [0, 0.1) is 12.7 Å². The minimum atomic E-state index is -0.542. The average molecular weight is 459 g/mol. The van der Waals surface area contributed by atoms with E-state index < -0.39 is 6.04 Å². The molecule has 1 amide bonds. The second-order valence-electron chi connectivity index (χ2n) is 8.40. The molecule has 1 atom stereocenters. The lowest BCUT2D eigenvalue weighted by Gasteiger charge is -2.38. The summed E-state index contributed by atoms with van der Waals surface area (Å²) in [5.41, 5.74) is 3.32. The van der Waals surface area contributed by atoms with Crippen molar-refractivity contribution in [2.24, 2.45) is 4.99 Å². The number of nitrogens with zero attached hydrogens (tertiary/aromatic N) is 5. The van der Waals surface area contributed by atoms with E-state index in [2.05, 4.69) is 9.98 Å². The predicted octanol–water partition coefficient (Wildman–Crippen LogP) is 3.66. The van der Waals surface area contributed by atoms with Crippen molar-refractivity contribution in [2.45, 2.75) is 19.4 Å². The molecule has 3 aliphatic heterocycles. The number of fused-ring (bicyclic) bond motifs is 2. The van der Waals surface area contributed by atoms with Crippen molar-refractivity contribution in [1.29, 1.82) is 0 Å². The molecule has 34 heavy (non-hydrogen) atoms. The number of hydrazine groups is 1. The molecule has 172 valence electrons. The van der Waals surface area contributed by atoms with Crippen LogP contribution >= 0.6 is 0 Å². The van der Waals surface area contributed by atoms with Crippen LogP contribution in [0.25, 0.3) is 11.8 Å². The number of hydrogen-bond acceptors (Lipinski definition) is 6. The quantitative estimate of drug-likeness (QED) is 0.593. The number of aromatic nitrogens is 2. The standard InChI is InChI=1S/C25H22FN5O3/c1-16-13-29(14-27-16)20-9-5-18(23-24(20)34-15-33-23)6-10-21-28-25(32)22(31-12-2-11-30(21)31)17-3-7-19(26)8-4-17/h3-10,13-14,22H,2,11-12,15H2,1H3. The number of amides is 1. The Bertz CT molecular complexity index is 1330. The number of aryl methyl sites for hydroxylation is 1. The maximum atomic E-state index is 13.4. The second kappa shape index (κ2) is 8.11. The van der Waals surface area contributed by atoms with Crippen molar-refractivity contribution in [3.63, 3.8) is 0 Å². The van der Waals surface area contributed by atoms with E-state index in [-0.39, 0.29) is 18.5 Å². The Hall–Kier alpha value is -3.98. The Labute approximate surface area is 195 Å². The molecular formula is C25H22FN5O3. The summed E-state index contributed by atoms with van der Waals surface area (Å²) in [6.45, 7) is 3.55.